The van der Waals surface area contributed by atoms with E-state index in [0.29, 0.717) is 6.54 Å². The van der Waals surface area contributed by atoms with E-state index in [-0.39, 0.29) is 11.4 Å². The van der Waals surface area contributed by atoms with Gasteiger partial charge in [-0.15, -0.1) is 0 Å². The SMILES string of the molecule is O=S(=O)(NCC#CCN1CCc2ccccc2C1)c1ccc(Br)cc1. The van der Waals surface area contributed by atoms with Crippen LogP contribution in [0, 0.1) is 11.8 Å². The maximum absolute atomic E-state index is 12.1. The molecule has 25 heavy (non-hydrogen) atoms. The van der Waals surface area contributed by atoms with Crippen molar-refractivity contribution in [1.29, 1.82) is 0 Å². The summed E-state index contributed by atoms with van der Waals surface area (Å²) in [4.78, 5) is 2.52. The van der Waals surface area contributed by atoms with E-state index in [4.69, 9.17) is 0 Å². The van der Waals surface area contributed by atoms with Gasteiger partial charge in [-0.25, -0.2) is 8.42 Å². The molecular formula is C19H19BrN2O2S. The van der Waals surface area contributed by atoms with Crippen molar-refractivity contribution in [2.24, 2.45) is 0 Å². The Morgan fingerprint density at radius 1 is 1.04 bits per heavy atom. The number of rotatable bonds is 4. The first-order valence-electron chi connectivity index (χ1n) is 8.05. The zero-order valence-corrected chi connectivity index (χ0v) is 16.1. The summed E-state index contributed by atoms with van der Waals surface area (Å²) in [6, 6.07) is 15.0. The molecule has 1 N–H and O–H groups in total. The van der Waals surface area contributed by atoms with Crippen LogP contribution in [0.3, 0.4) is 0 Å². The highest BCUT2D eigenvalue weighted by molar-refractivity contribution is 9.10. The number of halogens is 1. The Kier molecular flexibility index (Phi) is 5.92. The maximum Gasteiger partial charge on any atom is 0.241 e. The van der Waals surface area contributed by atoms with Crippen molar-refractivity contribution < 1.29 is 8.42 Å². The van der Waals surface area contributed by atoms with E-state index in [0.717, 1.165) is 24.0 Å². The summed E-state index contributed by atoms with van der Waals surface area (Å²) in [6.45, 7) is 2.64. The number of hydrogen-bond acceptors (Lipinski definition) is 3. The standard InChI is InChI=1S/C19H19BrN2O2S/c20-18-7-9-19(10-8-18)25(23,24)21-12-3-4-13-22-14-11-16-5-1-2-6-17(16)15-22/h1-2,5-10,21H,11-15H2. The Morgan fingerprint density at radius 3 is 2.52 bits per heavy atom. The second kappa shape index (κ2) is 8.15. The van der Waals surface area contributed by atoms with Crippen molar-refractivity contribution >= 4 is 26.0 Å². The topological polar surface area (TPSA) is 49.4 Å². The first-order chi connectivity index (χ1) is 12.0. The number of nitrogens with one attached hydrogen (secondary N) is 1. The molecule has 3 rings (SSSR count). The zero-order chi connectivity index (χ0) is 17.7. The highest BCUT2D eigenvalue weighted by atomic mass is 79.9. The molecule has 4 nitrogen and oxygen atoms in total. The fourth-order valence-electron chi connectivity index (χ4n) is 2.75. The average molecular weight is 419 g/mol. The normalized spacial score (nSPS) is 14.4. The van der Waals surface area contributed by atoms with Gasteiger partial charge in [-0.1, -0.05) is 52.0 Å². The Bertz CT molecular complexity index is 899. The van der Waals surface area contributed by atoms with Crippen molar-refractivity contribution in [1.82, 2.24) is 9.62 Å². The molecule has 0 atom stereocenters. The van der Waals surface area contributed by atoms with Crippen molar-refractivity contribution in [2.45, 2.75) is 17.9 Å². The van der Waals surface area contributed by atoms with Crippen LogP contribution in [0.5, 0.6) is 0 Å². The summed E-state index contributed by atoms with van der Waals surface area (Å²) in [6.07, 6.45) is 1.04. The van der Waals surface area contributed by atoms with Gasteiger partial charge in [-0.2, -0.15) is 4.72 Å². The molecule has 1 aliphatic heterocycles. The third-order valence-electron chi connectivity index (χ3n) is 4.11. The van der Waals surface area contributed by atoms with Crippen LogP contribution < -0.4 is 4.72 Å². The maximum atomic E-state index is 12.1. The lowest BCUT2D eigenvalue weighted by molar-refractivity contribution is 0.286. The molecule has 0 aliphatic carbocycles. The molecule has 0 fully saturated rings. The third kappa shape index (κ3) is 4.93. The quantitative estimate of drug-likeness (QED) is 0.776. The molecule has 2 aromatic carbocycles. The Balaban J connectivity index is 1.50. The fraction of sp³-hybridized carbons (Fsp3) is 0.263. The molecule has 130 valence electrons. The smallest absolute Gasteiger partial charge is 0.241 e. The second-order valence-corrected chi connectivity index (χ2v) is 8.54. The average Bonchev–Trinajstić information content (AvgIpc) is 2.61. The van der Waals surface area contributed by atoms with Crippen molar-refractivity contribution in [2.75, 3.05) is 19.6 Å². The minimum atomic E-state index is -3.51. The molecule has 0 bridgehead atoms. The largest absolute Gasteiger partial charge is 0.288 e. The van der Waals surface area contributed by atoms with Crippen LogP contribution in [0.2, 0.25) is 0 Å². The molecule has 0 saturated heterocycles. The van der Waals surface area contributed by atoms with E-state index < -0.39 is 10.0 Å². The predicted octanol–water partition coefficient (Wildman–Crippen LogP) is 2.79. The van der Waals surface area contributed by atoms with E-state index in [1.165, 1.54) is 11.1 Å². The van der Waals surface area contributed by atoms with E-state index >= 15 is 0 Å². The molecule has 0 spiro atoms. The number of nitrogens with zero attached hydrogens (tertiary/aromatic N) is 1. The summed E-state index contributed by atoms with van der Waals surface area (Å²) in [5.41, 5.74) is 2.76. The first-order valence-corrected chi connectivity index (χ1v) is 10.3. The van der Waals surface area contributed by atoms with E-state index in [1.54, 1.807) is 24.3 Å². The van der Waals surface area contributed by atoms with Crippen molar-refractivity contribution in [3.05, 3.63) is 64.1 Å². The van der Waals surface area contributed by atoms with Gasteiger partial charge in [0, 0.05) is 17.6 Å². The third-order valence-corrected chi connectivity index (χ3v) is 6.06. The Morgan fingerprint density at radius 2 is 1.76 bits per heavy atom. The van der Waals surface area contributed by atoms with Crippen LogP contribution in [-0.2, 0) is 23.0 Å². The summed E-state index contributed by atoms with van der Waals surface area (Å²) >= 11 is 3.29. The molecule has 6 heteroatoms. The van der Waals surface area contributed by atoms with Gasteiger partial charge in [-0.05, 0) is 41.8 Å². The lowest BCUT2D eigenvalue weighted by Gasteiger charge is -2.26. The predicted molar refractivity (Wildman–Crippen MR) is 103 cm³/mol. The van der Waals surface area contributed by atoms with E-state index in [2.05, 4.69) is 61.7 Å². The van der Waals surface area contributed by atoms with E-state index in [1.807, 2.05) is 0 Å². The summed E-state index contributed by atoms with van der Waals surface area (Å²) < 4.78 is 27.6. The fourth-order valence-corrected chi connectivity index (χ4v) is 3.94. The van der Waals surface area contributed by atoms with Crippen LogP contribution >= 0.6 is 15.9 Å². The highest BCUT2D eigenvalue weighted by Crippen LogP contribution is 2.17. The lowest BCUT2D eigenvalue weighted by Crippen LogP contribution is -2.31. The number of fused-ring (bicyclic) bond motifs is 1. The number of hydrogen-bond donors (Lipinski definition) is 1. The number of benzene rings is 2. The van der Waals surface area contributed by atoms with Gasteiger partial charge in [0.05, 0.1) is 18.0 Å². The molecule has 0 unspecified atom stereocenters. The molecule has 2 aromatic rings. The Labute approximate surface area is 157 Å². The van der Waals surface area contributed by atoms with Gasteiger partial charge in [0.15, 0.2) is 0 Å². The van der Waals surface area contributed by atoms with Crippen LogP contribution in [0.25, 0.3) is 0 Å². The van der Waals surface area contributed by atoms with Crippen LogP contribution in [-0.4, -0.2) is 33.0 Å². The van der Waals surface area contributed by atoms with Crippen LogP contribution in [0.1, 0.15) is 11.1 Å². The molecule has 1 heterocycles. The number of sulfonamides is 1. The minimum Gasteiger partial charge on any atom is -0.288 e. The lowest BCUT2D eigenvalue weighted by atomic mass is 10.0. The van der Waals surface area contributed by atoms with Crippen molar-refractivity contribution in [3.63, 3.8) is 0 Å². The molecule has 0 aromatic heterocycles. The highest BCUT2D eigenvalue weighted by Gasteiger charge is 2.14. The van der Waals surface area contributed by atoms with Gasteiger partial charge < -0.3 is 0 Å². The zero-order valence-electron chi connectivity index (χ0n) is 13.7. The Hall–Kier alpha value is -1.65. The van der Waals surface area contributed by atoms with Gasteiger partial charge in [0.2, 0.25) is 10.0 Å². The molecule has 0 saturated carbocycles. The summed E-state index contributed by atoms with van der Waals surface area (Å²) in [5, 5.41) is 0. The second-order valence-electron chi connectivity index (χ2n) is 5.86. The first kappa shape index (κ1) is 18.2. The monoisotopic (exact) mass is 418 g/mol. The van der Waals surface area contributed by atoms with Crippen LogP contribution in [0.4, 0.5) is 0 Å². The van der Waals surface area contributed by atoms with Crippen molar-refractivity contribution in [3.8, 4) is 11.8 Å². The van der Waals surface area contributed by atoms with Gasteiger partial charge >= 0.3 is 0 Å². The van der Waals surface area contributed by atoms with Crippen LogP contribution in [0.15, 0.2) is 57.9 Å². The van der Waals surface area contributed by atoms with Gasteiger partial charge in [0.1, 0.15) is 0 Å². The summed E-state index contributed by atoms with van der Waals surface area (Å²) in [5.74, 6) is 5.96. The minimum absolute atomic E-state index is 0.114. The van der Waals surface area contributed by atoms with E-state index in [9.17, 15) is 8.42 Å². The molecular weight excluding hydrogens is 400 g/mol. The van der Waals surface area contributed by atoms with Gasteiger partial charge in [-0.3, -0.25) is 4.90 Å². The summed E-state index contributed by atoms with van der Waals surface area (Å²) in [7, 11) is -3.51. The van der Waals surface area contributed by atoms with Gasteiger partial charge in [0.25, 0.3) is 0 Å². The molecule has 1 aliphatic rings. The molecule has 0 radical (unpaired) electrons. The molecule has 0 amide bonds.